The molecule has 1 atom stereocenters. The predicted octanol–water partition coefficient (Wildman–Crippen LogP) is 2.13. The van der Waals surface area contributed by atoms with E-state index in [-0.39, 0.29) is 6.04 Å². The van der Waals surface area contributed by atoms with Gasteiger partial charge >= 0.3 is 0 Å². The second-order valence-electron chi connectivity index (χ2n) is 4.11. The fourth-order valence-electron chi connectivity index (χ4n) is 1.89. The van der Waals surface area contributed by atoms with E-state index in [1.54, 1.807) is 12.5 Å². The van der Waals surface area contributed by atoms with Gasteiger partial charge in [-0.2, -0.15) is 0 Å². The molecule has 0 spiro atoms. The molecule has 0 aliphatic rings. The third-order valence-electron chi connectivity index (χ3n) is 2.86. The second-order valence-corrected chi connectivity index (χ2v) is 4.11. The Balaban J connectivity index is 1.89. The van der Waals surface area contributed by atoms with Gasteiger partial charge in [0.15, 0.2) is 5.65 Å². The van der Waals surface area contributed by atoms with Crippen molar-refractivity contribution < 1.29 is 0 Å². The van der Waals surface area contributed by atoms with Crippen LogP contribution in [0.2, 0.25) is 0 Å². The van der Waals surface area contributed by atoms with E-state index in [4.69, 9.17) is 0 Å². The molecule has 0 saturated carbocycles. The third kappa shape index (κ3) is 1.90. The predicted molar refractivity (Wildman–Crippen MR) is 69.5 cm³/mol. The van der Waals surface area contributed by atoms with Crippen LogP contribution < -0.4 is 5.43 Å². The van der Waals surface area contributed by atoms with Gasteiger partial charge in [0, 0.05) is 0 Å². The summed E-state index contributed by atoms with van der Waals surface area (Å²) >= 11 is 0. The van der Waals surface area contributed by atoms with Gasteiger partial charge in [-0.1, -0.05) is 30.3 Å². The Morgan fingerprint density at radius 1 is 1.17 bits per heavy atom. The van der Waals surface area contributed by atoms with Crippen molar-refractivity contribution in [2.45, 2.75) is 13.0 Å². The quantitative estimate of drug-likeness (QED) is 0.760. The van der Waals surface area contributed by atoms with E-state index in [9.17, 15) is 0 Å². The average Bonchev–Trinajstić information content (AvgIpc) is 2.83. The molecular weight excluding hydrogens is 226 g/mol. The van der Waals surface area contributed by atoms with Crippen LogP contribution in [0.3, 0.4) is 0 Å². The molecule has 5 nitrogen and oxygen atoms in total. The maximum Gasteiger partial charge on any atom is 0.182 e. The van der Waals surface area contributed by atoms with Crippen molar-refractivity contribution in [2.75, 3.05) is 5.43 Å². The number of imidazole rings is 1. The minimum atomic E-state index is 0.184. The Morgan fingerprint density at radius 2 is 2.00 bits per heavy atom. The molecule has 1 N–H and O–H groups in total. The maximum absolute atomic E-state index is 4.21. The molecular formula is C13H13N5. The number of hydrogen-bond acceptors (Lipinski definition) is 4. The van der Waals surface area contributed by atoms with Gasteiger partial charge in [-0.25, -0.2) is 19.6 Å². The smallest absolute Gasteiger partial charge is 0.182 e. The zero-order chi connectivity index (χ0) is 12.4. The molecule has 0 radical (unpaired) electrons. The maximum atomic E-state index is 4.21. The van der Waals surface area contributed by atoms with Crippen LogP contribution in [-0.2, 0) is 0 Å². The van der Waals surface area contributed by atoms with Crippen molar-refractivity contribution in [1.82, 2.24) is 19.6 Å². The van der Waals surface area contributed by atoms with Gasteiger partial charge in [-0.05, 0) is 12.5 Å². The van der Waals surface area contributed by atoms with Gasteiger partial charge in [-0.15, -0.1) is 0 Å². The summed E-state index contributed by atoms with van der Waals surface area (Å²) in [5.74, 6) is 0. The lowest BCUT2D eigenvalue weighted by atomic mass is 10.1. The van der Waals surface area contributed by atoms with Crippen LogP contribution in [0.5, 0.6) is 0 Å². The first-order valence-electron chi connectivity index (χ1n) is 5.79. The van der Waals surface area contributed by atoms with Crippen molar-refractivity contribution in [3.63, 3.8) is 0 Å². The van der Waals surface area contributed by atoms with Gasteiger partial charge in [0.05, 0.1) is 12.2 Å². The van der Waals surface area contributed by atoms with Crippen molar-refractivity contribution in [1.29, 1.82) is 0 Å². The molecule has 1 unspecified atom stereocenters. The monoisotopic (exact) mass is 239 g/mol. The zero-order valence-electron chi connectivity index (χ0n) is 9.99. The SMILES string of the molecule is CC(Nn1cnc2ncncc21)c1ccccc1. The molecule has 0 fully saturated rings. The first-order chi connectivity index (χ1) is 8.84. The van der Waals surface area contributed by atoms with E-state index in [2.05, 4.69) is 39.4 Å². The molecule has 90 valence electrons. The highest BCUT2D eigenvalue weighted by molar-refractivity contribution is 5.69. The Morgan fingerprint density at radius 3 is 2.83 bits per heavy atom. The largest absolute Gasteiger partial charge is 0.317 e. The topological polar surface area (TPSA) is 55.6 Å². The standard InChI is InChI=1S/C13H13N5/c1-10(11-5-3-2-4-6-11)17-18-9-16-13-12(18)7-14-8-15-13/h2-10,17H,1H3. The van der Waals surface area contributed by atoms with Crippen LogP contribution in [0.1, 0.15) is 18.5 Å². The van der Waals surface area contributed by atoms with E-state index in [1.807, 2.05) is 22.9 Å². The van der Waals surface area contributed by atoms with Crippen LogP contribution in [0.4, 0.5) is 0 Å². The lowest BCUT2D eigenvalue weighted by molar-refractivity contribution is 0.737. The number of rotatable bonds is 3. The van der Waals surface area contributed by atoms with Crippen molar-refractivity contribution in [3.05, 3.63) is 54.7 Å². The summed E-state index contributed by atoms with van der Waals surface area (Å²) in [6.45, 7) is 2.10. The van der Waals surface area contributed by atoms with Gasteiger partial charge in [0.1, 0.15) is 18.2 Å². The third-order valence-corrected chi connectivity index (χ3v) is 2.86. The molecule has 0 saturated heterocycles. The van der Waals surface area contributed by atoms with E-state index >= 15 is 0 Å². The van der Waals surface area contributed by atoms with Crippen molar-refractivity contribution >= 4 is 11.2 Å². The number of nitrogens with zero attached hydrogens (tertiary/aromatic N) is 4. The summed E-state index contributed by atoms with van der Waals surface area (Å²) in [7, 11) is 0. The minimum Gasteiger partial charge on any atom is -0.317 e. The summed E-state index contributed by atoms with van der Waals surface area (Å²) in [5.41, 5.74) is 6.14. The number of hydrogen-bond donors (Lipinski definition) is 1. The van der Waals surface area contributed by atoms with Crippen LogP contribution in [0.25, 0.3) is 11.2 Å². The Hall–Kier alpha value is -2.43. The lowest BCUT2D eigenvalue weighted by Crippen LogP contribution is -2.17. The number of benzene rings is 1. The van der Waals surface area contributed by atoms with Crippen LogP contribution >= 0.6 is 0 Å². The highest BCUT2D eigenvalue weighted by Gasteiger charge is 2.07. The molecule has 2 heterocycles. The minimum absolute atomic E-state index is 0.184. The number of aromatic nitrogens is 4. The first kappa shape index (κ1) is 10.7. The fraction of sp³-hybridized carbons (Fsp3) is 0.154. The number of nitrogens with one attached hydrogen (secondary N) is 1. The Bertz CT molecular complexity index is 647. The van der Waals surface area contributed by atoms with Gasteiger partial charge in [0.2, 0.25) is 0 Å². The summed E-state index contributed by atoms with van der Waals surface area (Å²) in [5, 5.41) is 0. The molecule has 5 heteroatoms. The molecule has 0 amide bonds. The van der Waals surface area contributed by atoms with Crippen LogP contribution in [0.15, 0.2) is 49.2 Å². The van der Waals surface area contributed by atoms with E-state index < -0.39 is 0 Å². The molecule has 3 aromatic rings. The van der Waals surface area contributed by atoms with E-state index in [0.717, 1.165) is 5.52 Å². The Labute approximate surface area is 104 Å². The second kappa shape index (κ2) is 4.44. The van der Waals surface area contributed by atoms with Gasteiger partial charge in [0.25, 0.3) is 0 Å². The molecule has 0 aliphatic heterocycles. The molecule has 2 aromatic heterocycles. The highest BCUT2D eigenvalue weighted by atomic mass is 15.4. The lowest BCUT2D eigenvalue weighted by Gasteiger charge is -2.16. The van der Waals surface area contributed by atoms with Gasteiger partial charge in [-0.3, -0.25) is 0 Å². The van der Waals surface area contributed by atoms with Crippen LogP contribution in [0, 0.1) is 0 Å². The molecule has 3 rings (SSSR count). The van der Waals surface area contributed by atoms with Crippen molar-refractivity contribution in [2.24, 2.45) is 0 Å². The highest BCUT2D eigenvalue weighted by Crippen LogP contribution is 2.14. The summed E-state index contributed by atoms with van der Waals surface area (Å²) in [6, 6.07) is 10.4. The molecule has 0 bridgehead atoms. The first-order valence-corrected chi connectivity index (χ1v) is 5.79. The van der Waals surface area contributed by atoms with E-state index in [1.165, 1.54) is 11.9 Å². The van der Waals surface area contributed by atoms with Gasteiger partial charge < -0.3 is 5.43 Å². The number of fused-ring (bicyclic) bond motifs is 1. The molecule has 0 aliphatic carbocycles. The van der Waals surface area contributed by atoms with Crippen molar-refractivity contribution in [3.8, 4) is 0 Å². The summed E-state index contributed by atoms with van der Waals surface area (Å²) < 4.78 is 1.85. The Kier molecular flexibility index (Phi) is 2.64. The zero-order valence-corrected chi connectivity index (χ0v) is 9.99. The molecule has 1 aromatic carbocycles. The van der Waals surface area contributed by atoms with E-state index in [0.29, 0.717) is 5.65 Å². The summed E-state index contributed by atoms with van der Waals surface area (Å²) in [6.07, 6.45) is 4.97. The van der Waals surface area contributed by atoms with Crippen LogP contribution in [-0.4, -0.2) is 19.6 Å². The fourth-order valence-corrected chi connectivity index (χ4v) is 1.89. The average molecular weight is 239 g/mol. The summed E-state index contributed by atoms with van der Waals surface area (Å²) in [4.78, 5) is 12.3. The normalized spacial score (nSPS) is 12.5. The molecule has 18 heavy (non-hydrogen) atoms.